The second-order valence-electron chi connectivity index (χ2n) is 6.95. The quantitative estimate of drug-likeness (QED) is 0.774. The zero-order valence-electron chi connectivity index (χ0n) is 15.3. The Labute approximate surface area is 158 Å². The van der Waals surface area contributed by atoms with Gasteiger partial charge in [0.2, 0.25) is 0 Å². The van der Waals surface area contributed by atoms with Crippen molar-refractivity contribution < 1.29 is 14.3 Å². The summed E-state index contributed by atoms with van der Waals surface area (Å²) in [5.41, 5.74) is 1.45. The normalized spacial score (nSPS) is 12.2. The monoisotopic (exact) mass is 374 g/mol. The predicted octanol–water partition coefficient (Wildman–Crippen LogP) is 5.18. The lowest BCUT2D eigenvalue weighted by atomic mass is 10.1. The number of benzene rings is 2. The zero-order valence-corrected chi connectivity index (χ0v) is 16.1. The van der Waals surface area contributed by atoms with Gasteiger partial charge in [-0.3, -0.25) is 10.1 Å². The second-order valence-corrected chi connectivity index (χ2v) is 7.39. The number of hydrogen-bond donors (Lipinski definition) is 2. The van der Waals surface area contributed by atoms with Crippen LogP contribution in [0.1, 0.15) is 49.7 Å². The Bertz CT molecular complexity index is 765. The van der Waals surface area contributed by atoms with Gasteiger partial charge in [0.1, 0.15) is 5.60 Å². The number of carbonyl (C=O) groups excluding carboxylic acids is 2. The molecule has 1 unspecified atom stereocenters. The van der Waals surface area contributed by atoms with E-state index in [0.29, 0.717) is 16.3 Å². The van der Waals surface area contributed by atoms with Gasteiger partial charge < -0.3 is 10.1 Å². The molecule has 2 aromatic carbocycles. The Morgan fingerprint density at radius 3 is 2.12 bits per heavy atom. The van der Waals surface area contributed by atoms with Crippen molar-refractivity contribution in [2.24, 2.45) is 0 Å². The largest absolute Gasteiger partial charge is 0.444 e. The number of amides is 2. The first-order valence-electron chi connectivity index (χ1n) is 8.30. The molecule has 138 valence electrons. The van der Waals surface area contributed by atoms with Crippen LogP contribution < -0.4 is 10.6 Å². The van der Waals surface area contributed by atoms with Crippen molar-refractivity contribution in [1.82, 2.24) is 5.32 Å². The Morgan fingerprint density at radius 2 is 1.58 bits per heavy atom. The van der Waals surface area contributed by atoms with Crippen molar-refractivity contribution in [3.63, 3.8) is 0 Å². The number of anilines is 1. The van der Waals surface area contributed by atoms with E-state index >= 15 is 0 Å². The number of rotatable bonds is 4. The molecule has 1 atom stereocenters. The molecule has 0 spiro atoms. The van der Waals surface area contributed by atoms with Crippen molar-refractivity contribution in [2.45, 2.75) is 39.3 Å². The molecule has 0 aliphatic carbocycles. The molecule has 26 heavy (non-hydrogen) atoms. The molecule has 2 N–H and O–H groups in total. The number of ether oxygens (including phenoxy) is 1. The van der Waals surface area contributed by atoms with Crippen LogP contribution in [0.5, 0.6) is 0 Å². The maximum atomic E-state index is 12.4. The van der Waals surface area contributed by atoms with Crippen LogP contribution in [0.25, 0.3) is 0 Å². The lowest BCUT2D eigenvalue weighted by Gasteiger charge is -2.19. The van der Waals surface area contributed by atoms with Crippen LogP contribution >= 0.6 is 11.6 Å². The van der Waals surface area contributed by atoms with E-state index in [1.54, 1.807) is 57.2 Å². The van der Waals surface area contributed by atoms with Crippen LogP contribution in [-0.2, 0) is 4.74 Å². The standard InChI is InChI=1S/C20H23ClN2O3/c1-13(14-5-9-16(21)10-6-14)22-18(24)15-7-11-17(12-8-15)23-19(25)26-20(2,3)4/h5-13H,1-4H3,(H,22,24)(H,23,25). The Kier molecular flexibility index (Phi) is 6.27. The van der Waals surface area contributed by atoms with Gasteiger partial charge >= 0.3 is 6.09 Å². The summed E-state index contributed by atoms with van der Waals surface area (Å²) in [5, 5.41) is 6.21. The highest BCUT2D eigenvalue weighted by Crippen LogP contribution is 2.17. The van der Waals surface area contributed by atoms with E-state index in [2.05, 4.69) is 10.6 Å². The summed E-state index contributed by atoms with van der Waals surface area (Å²) < 4.78 is 5.19. The minimum atomic E-state index is -0.568. The molecule has 0 bridgehead atoms. The van der Waals surface area contributed by atoms with Gasteiger partial charge in [0.05, 0.1) is 6.04 Å². The number of hydrogen-bond acceptors (Lipinski definition) is 3. The van der Waals surface area contributed by atoms with Gasteiger partial charge in [-0.1, -0.05) is 23.7 Å². The lowest BCUT2D eigenvalue weighted by Crippen LogP contribution is -2.27. The molecule has 5 nitrogen and oxygen atoms in total. The summed E-state index contributed by atoms with van der Waals surface area (Å²) in [7, 11) is 0. The maximum absolute atomic E-state index is 12.4. The Balaban J connectivity index is 1.95. The predicted molar refractivity (Wildman–Crippen MR) is 104 cm³/mol. The summed E-state index contributed by atoms with van der Waals surface area (Å²) in [5.74, 6) is -0.198. The molecule has 0 aromatic heterocycles. The molecule has 0 radical (unpaired) electrons. The highest BCUT2D eigenvalue weighted by molar-refractivity contribution is 6.30. The fraction of sp³-hybridized carbons (Fsp3) is 0.300. The first-order chi connectivity index (χ1) is 12.1. The van der Waals surface area contributed by atoms with Crippen LogP contribution in [0, 0.1) is 0 Å². The number of carbonyl (C=O) groups is 2. The fourth-order valence-electron chi connectivity index (χ4n) is 2.24. The SMILES string of the molecule is CC(NC(=O)c1ccc(NC(=O)OC(C)(C)C)cc1)c1ccc(Cl)cc1. The lowest BCUT2D eigenvalue weighted by molar-refractivity contribution is 0.0635. The average Bonchev–Trinajstić information content (AvgIpc) is 2.54. The maximum Gasteiger partial charge on any atom is 0.412 e. The Hall–Kier alpha value is -2.53. The van der Waals surface area contributed by atoms with Crippen LogP contribution in [0.3, 0.4) is 0 Å². The minimum absolute atomic E-state index is 0.153. The van der Waals surface area contributed by atoms with E-state index in [-0.39, 0.29) is 11.9 Å². The summed E-state index contributed by atoms with van der Waals surface area (Å²) in [6.45, 7) is 7.28. The van der Waals surface area contributed by atoms with E-state index < -0.39 is 11.7 Å². The van der Waals surface area contributed by atoms with Gasteiger partial charge in [0.15, 0.2) is 0 Å². The van der Waals surface area contributed by atoms with Gasteiger partial charge in [0, 0.05) is 16.3 Å². The molecule has 0 saturated carbocycles. The highest BCUT2D eigenvalue weighted by atomic mass is 35.5. The van der Waals surface area contributed by atoms with Crippen molar-refractivity contribution in [3.05, 3.63) is 64.7 Å². The van der Waals surface area contributed by atoms with E-state index in [9.17, 15) is 9.59 Å². The first-order valence-corrected chi connectivity index (χ1v) is 8.68. The van der Waals surface area contributed by atoms with E-state index in [1.165, 1.54) is 0 Å². The summed E-state index contributed by atoms with van der Waals surface area (Å²) in [6, 6.07) is 13.8. The fourth-order valence-corrected chi connectivity index (χ4v) is 2.37. The summed E-state index contributed by atoms with van der Waals surface area (Å²) in [6.07, 6.45) is -0.536. The second kappa shape index (κ2) is 8.23. The van der Waals surface area contributed by atoms with Crippen LogP contribution in [0.15, 0.2) is 48.5 Å². The van der Waals surface area contributed by atoms with Gasteiger partial charge in [-0.15, -0.1) is 0 Å². The zero-order chi connectivity index (χ0) is 19.3. The van der Waals surface area contributed by atoms with Crippen molar-refractivity contribution in [1.29, 1.82) is 0 Å². The topological polar surface area (TPSA) is 67.4 Å². The third-order valence-corrected chi connectivity index (χ3v) is 3.76. The molecule has 0 fully saturated rings. The van der Waals surface area contributed by atoms with Crippen molar-refractivity contribution in [3.8, 4) is 0 Å². The molecule has 2 aromatic rings. The van der Waals surface area contributed by atoms with Gasteiger partial charge in [-0.05, 0) is 69.7 Å². The molecule has 0 aliphatic rings. The molecular formula is C20H23ClN2O3. The minimum Gasteiger partial charge on any atom is -0.444 e. The van der Waals surface area contributed by atoms with Crippen LogP contribution in [0.2, 0.25) is 5.02 Å². The molecule has 2 rings (SSSR count). The molecule has 0 heterocycles. The molecular weight excluding hydrogens is 352 g/mol. The average molecular weight is 375 g/mol. The van der Waals surface area contributed by atoms with Crippen molar-refractivity contribution in [2.75, 3.05) is 5.32 Å². The smallest absolute Gasteiger partial charge is 0.412 e. The highest BCUT2D eigenvalue weighted by Gasteiger charge is 2.16. The summed E-state index contributed by atoms with van der Waals surface area (Å²) >= 11 is 5.88. The number of halogens is 1. The molecule has 6 heteroatoms. The third-order valence-electron chi connectivity index (χ3n) is 3.51. The number of nitrogens with one attached hydrogen (secondary N) is 2. The summed E-state index contributed by atoms with van der Waals surface area (Å²) in [4.78, 5) is 24.1. The van der Waals surface area contributed by atoms with Crippen LogP contribution in [0.4, 0.5) is 10.5 Å². The van der Waals surface area contributed by atoms with E-state index in [4.69, 9.17) is 16.3 Å². The van der Waals surface area contributed by atoms with Gasteiger partial charge in [0.25, 0.3) is 5.91 Å². The Morgan fingerprint density at radius 1 is 1.00 bits per heavy atom. The van der Waals surface area contributed by atoms with E-state index in [0.717, 1.165) is 5.56 Å². The van der Waals surface area contributed by atoms with Gasteiger partial charge in [-0.2, -0.15) is 0 Å². The molecule has 0 saturated heterocycles. The third kappa shape index (κ3) is 6.08. The first kappa shape index (κ1) is 19.8. The molecule has 0 aliphatic heterocycles. The van der Waals surface area contributed by atoms with Crippen LogP contribution in [-0.4, -0.2) is 17.6 Å². The van der Waals surface area contributed by atoms with E-state index in [1.807, 2.05) is 19.1 Å². The molecule has 2 amide bonds. The van der Waals surface area contributed by atoms with Gasteiger partial charge in [-0.25, -0.2) is 4.79 Å². The van der Waals surface area contributed by atoms with Crippen molar-refractivity contribution >= 4 is 29.3 Å².